The summed E-state index contributed by atoms with van der Waals surface area (Å²) in [5, 5.41) is 0.419. The van der Waals surface area contributed by atoms with Crippen molar-refractivity contribution in [2.45, 2.75) is 6.10 Å². The second-order valence-electron chi connectivity index (χ2n) is 5.12. The summed E-state index contributed by atoms with van der Waals surface area (Å²) in [4.78, 5) is 17.9. The zero-order valence-corrected chi connectivity index (χ0v) is 14.1. The van der Waals surface area contributed by atoms with Crippen LogP contribution in [-0.4, -0.2) is 35.0 Å². The topological polar surface area (TPSA) is 55.6 Å². The van der Waals surface area contributed by atoms with Crippen LogP contribution in [0.15, 0.2) is 39.4 Å². The third kappa shape index (κ3) is 2.72. The maximum absolute atomic E-state index is 13.6. The number of aromatic nitrogens is 1. The summed E-state index contributed by atoms with van der Waals surface area (Å²) < 4.78 is 25.8. The van der Waals surface area contributed by atoms with E-state index in [9.17, 15) is 9.18 Å². The van der Waals surface area contributed by atoms with Gasteiger partial charge in [-0.05, 0) is 40.2 Å². The molecule has 1 aliphatic rings. The number of carbonyl (C=O) groups excluding carboxylic acids is 1. The highest BCUT2D eigenvalue weighted by atomic mass is 79.9. The molecule has 8 heteroatoms. The van der Waals surface area contributed by atoms with E-state index in [1.807, 2.05) is 0 Å². The molecule has 1 saturated heterocycles. The molecule has 0 saturated carbocycles. The van der Waals surface area contributed by atoms with Crippen LogP contribution in [0.2, 0.25) is 0 Å². The molecule has 3 heterocycles. The summed E-state index contributed by atoms with van der Waals surface area (Å²) in [6.07, 6.45) is -0.138. The number of para-hydroxylation sites is 1. The number of thiazole rings is 1. The number of fused-ring (bicyclic) bond motifs is 1. The van der Waals surface area contributed by atoms with Crippen LogP contribution in [0.3, 0.4) is 0 Å². The van der Waals surface area contributed by atoms with Crippen LogP contribution in [0.5, 0.6) is 5.19 Å². The fourth-order valence-corrected chi connectivity index (χ4v) is 3.55. The molecule has 1 aromatic carbocycles. The van der Waals surface area contributed by atoms with Crippen molar-refractivity contribution in [3.63, 3.8) is 0 Å². The van der Waals surface area contributed by atoms with Gasteiger partial charge in [-0.15, -0.1) is 0 Å². The van der Waals surface area contributed by atoms with Gasteiger partial charge in [0, 0.05) is 0 Å². The van der Waals surface area contributed by atoms with E-state index in [1.165, 1.54) is 17.4 Å². The second-order valence-corrected chi connectivity index (χ2v) is 6.89. The number of halogens is 2. The Hall–Kier alpha value is -1.93. The van der Waals surface area contributed by atoms with Crippen molar-refractivity contribution in [1.29, 1.82) is 0 Å². The van der Waals surface area contributed by atoms with E-state index in [4.69, 9.17) is 9.15 Å². The number of likely N-dealkylation sites (tertiary alicyclic amines) is 1. The number of nitrogens with zero attached hydrogens (tertiary/aromatic N) is 2. The minimum absolute atomic E-state index is 0.138. The van der Waals surface area contributed by atoms with Gasteiger partial charge in [-0.3, -0.25) is 4.79 Å². The first-order valence-electron chi connectivity index (χ1n) is 6.86. The van der Waals surface area contributed by atoms with Crippen molar-refractivity contribution in [2.24, 2.45) is 0 Å². The Bertz CT molecular complexity index is 888. The molecule has 1 amide bonds. The average Bonchev–Trinajstić information content (AvgIpc) is 3.08. The van der Waals surface area contributed by atoms with Crippen LogP contribution in [0.25, 0.3) is 10.2 Å². The van der Waals surface area contributed by atoms with Crippen LogP contribution in [0, 0.1) is 5.82 Å². The lowest BCUT2D eigenvalue weighted by Crippen LogP contribution is -2.56. The predicted molar refractivity (Wildman–Crippen MR) is 86.3 cm³/mol. The molecule has 0 atom stereocenters. The molecular weight excluding hydrogens is 387 g/mol. The number of hydrogen-bond donors (Lipinski definition) is 0. The first-order chi connectivity index (χ1) is 11.1. The summed E-state index contributed by atoms with van der Waals surface area (Å²) in [5.74, 6) is -0.245. The molecule has 3 aromatic rings. The average molecular weight is 397 g/mol. The van der Waals surface area contributed by atoms with Crippen LogP contribution in [0.4, 0.5) is 4.39 Å². The fraction of sp³-hybridized carbons (Fsp3) is 0.200. The summed E-state index contributed by atoms with van der Waals surface area (Å²) in [5.41, 5.74) is 0.320. The number of benzene rings is 1. The lowest BCUT2D eigenvalue weighted by Gasteiger charge is -2.37. The van der Waals surface area contributed by atoms with Crippen LogP contribution < -0.4 is 4.74 Å². The van der Waals surface area contributed by atoms with Crippen molar-refractivity contribution in [3.05, 3.63) is 46.6 Å². The van der Waals surface area contributed by atoms with E-state index >= 15 is 0 Å². The standard InChI is InChI=1S/C15H10BrFN2O3S/c16-12-5-4-10(22-12)14(20)19-6-8(7-19)21-15-18-13-9(17)2-1-3-11(13)23-15/h1-5,8H,6-7H2. The monoisotopic (exact) mass is 396 g/mol. The molecule has 1 fully saturated rings. The molecule has 0 radical (unpaired) electrons. The molecule has 0 aliphatic carbocycles. The van der Waals surface area contributed by atoms with E-state index in [0.717, 1.165) is 4.70 Å². The Kier molecular flexibility index (Phi) is 3.57. The van der Waals surface area contributed by atoms with Crippen molar-refractivity contribution >= 4 is 43.4 Å². The molecule has 5 nitrogen and oxygen atoms in total. The number of amides is 1. The molecule has 0 bridgehead atoms. The van der Waals surface area contributed by atoms with Gasteiger partial charge in [-0.25, -0.2) is 4.39 Å². The third-order valence-corrected chi connectivity index (χ3v) is 4.87. The largest absolute Gasteiger partial charge is 0.463 e. The molecule has 0 N–H and O–H groups in total. The summed E-state index contributed by atoms with van der Waals surface area (Å²) in [6.45, 7) is 0.908. The van der Waals surface area contributed by atoms with Crippen LogP contribution in [0.1, 0.15) is 10.6 Å². The van der Waals surface area contributed by atoms with E-state index in [1.54, 1.807) is 29.2 Å². The van der Waals surface area contributed by atoms with E-state index < -0.39 is 0 Å². The van der Waals surface area contributed by atoms with Gasteiger partial charge in [0.1, 0.15) is 17.4 Å². The van der Waals surface area contributed by atoms with Gasteiger partial charge < -0.3 is 14.1 Å². The summed E-state index contributed by atoms with van der Waals surface area (Å²) >= 11 is 4.47. The Morgan fingerprint density at radius 1 is 1.39 bits per heavy atom. The Balaban J connectivity index is 1.40. The summed E-state index contributed by atoms with van der Waals surface area (Å²) in [7, 11) is 0. The molecule has 23 heavy (non-hydrogen) atoms. The van der Waals surface area contributed by atoms with Crippen LogP contribution >= 0.6 is 27.3 Å². The van der Waals surface area contributed by atoms with Gasteiger partial charge in [0.05, 0.1) is 17.8 Å². The highest BCUT2D eigenvalue weighted by molar-refractivity contribution is 9.10. The first kappa shape index (κ1) is 14.6. The molecule has 118 valence electrons. The molecule has 0 unspecified atom stereocenters. The Labute approximate surface area is 142 Å². The number of furan rings is 1. The summed E-state index contributed by atoms with van der Waals surface area (Å²) in [6, 6.07) is 8.11. The zero-order valence-electron chi connectivity index (χ0n) is 11.7. The van der Waals surface area contributed by atoms with E-state index in [-0.39, 0.29) is 23.6 Å². The van der Waals surface area contributed by atoms with Gasteiger partial charge in [0.15, 0.2) is 10.4 Å². The van der Waals surface area contributed by atoms with E-state index in [0.29, 0.717) is 28.5 Å². The number of rotatable bonds is 3. The Morgan fingerprint density at radius 2 is 2.22 bits per heavy atom. The van der Waals surface area contributed by atoms with Gasteiger partial charge in [0.2, 0.25) is 0 Å². The first-order valence-corrected chi connectivity index (χ1v) is 8.47. The van der Waals surface area contributed by atoms with Gasteiger partial charge >= 0.3 is 0 Å². The number of ether oxygens (including phenoxy) is 1. The van der Waals surface area contributed by atoms with Crippen molar-refractivity contribution in [2.75, 3.05) is 13.1 Å². The molecule has 1 aliphatic heterocycles. The fourth-order valence-electron chi connectivity index (χ4n) is 2.35. The number of hydrogen-bond acceptors (Lipinski definition) is 5. The quantitative estimate of drug-likeness (QED) is 0.677. The highest BCUT2D eigenvalue weighted by Gasteiger charge is 2.34. The zero-order chi connectivity index (χ0) is 16.0. The van der Waals surface area contributed by atoms with Crippen molar-refractivity contribution in [1.82, 2.24) is 9.88 Å². The predicted octanol–water partition coefficient (Wildman–Crippen LogP) is 3.69. The molecular formula is C15H10BrFN2O3S. The number of carbonyl (C=O) groups is 1. The molecule has 2 aromatic heterocycles. The lowest BCUT2D eigenvalue weighted by atomic mass is 10.1. The Morgan fingerprint density at radius 3 is 2.91 bits per heavy atom. The van der Waals surface area contributed by atoms with Crippen LogP contribution in [-0.2, 0) is 0 Å². The van der Waals surface area contributed by atoms with Gasteiger partial charge in [-0.2, -0.15) is 4.98 Å². The maximum Gasteiger partial charge on any atom is 0.289 e. The molecule has 0 spiro atoms. The van der Waals surface area contributed by atoms with E-state index in [2.05, 4.69) is 20.9 Å². The van der Waals surface area contributed by atoms with Crippen molar-refractivity contribution in [3.8, 4) is 5.19 Å². The SMILES string of the molecule is O=C(c1ccc(Br)o1)N1CC(Oc2nc3c(F)cccc3s2)C1. The van der Waals surface area contributed by atoms with Gasteiger partial charge in [-0.1, -0.05) is 17.4 Å². The normalized spacial score (nSPS) is 15.0. The second kappa shape index (κ2) is 5.61. The molecule has 4 rings (SSSR count). The van der Waals surface area contributed by atoms with Gasteiger partial charge in [0.25, 0.3) is 11.1 Å². The minimum Gasteiger partial charge on any atom is -0.463 e. The third-order valence-electron chi connectivity index (χ3n) is 3.54. The highest BCUT2D eigenvalue weighted by Crippen LogP contribution is 2.31. The maximum atomic E-state index is 13.6. The van der Waals surface area contributed by atoms with Crippen molar-refractivity contribution < 1.29 is 18.3 Å². The lowest BCUT2D eigenvalue weighted by molar-refractivity contribution is 0.0154. The minimum atomic E-state index is -0.359. The smallest absolute Gasteiger partial charge is 0.289 e.